The van der Waals surface area contributed by atoms with Crippen LogP contribution in [0.4, 0.5) is 8.78 Å². The van der Waals surface area contributed by atoms with Gasteiger partial charge in [-0.15, -0.1) is 11.6 Å². The van der Waals surface area contributed by atoms with Crippen molar-refractivity contribution in [1.82, 2.24) is 5.32 Å². The summed E-state index contributed by atoms with van der Waals surface area (Å²) in [6.45, 7) is 3.93. The smallest absolute Gasteiger partial charge is 0.261 e. The van der Waals surface area contributed by atoms with Crippen molar-refractivity contribution in [3.8, 4) is 0 Å². The van der Waals surface area contributed by atoms with Crippen LogP contribution in [0.5, 0.6) is 0 Å². The maximum Gasteiger partial charge on any atom is 0.261 e. The van der Waals surface area contributed by atoms with Gasteiger partial charge >= 0.3 is 0 Å². The Balaban J connectivity index is 3.59. The van der Waals surface area contributed by atoms with E-state index in [0.717, 1.165) is 6.42 Å². The van der Waals surface area contributed by atoms with Crippen molar-refractivity contribution in [2.75, 3.05) is 25.6 Å². The Bertz CT molecular complexity index is 226. The lowest BCUT2D eigenvalue weighted by Crippen LogP contribution is -2.34. The lowest BCUT2D eigenvalue weighted by molar-refractivity contribution is -0.123. The van der Waals surface area contributed by atoms with Gasteiger partial charge in [-0.1, -0.05) is 13.8 Å². The fourth-order valence-corrected chi connectivity index (χ4v) is 1.62. The van der Waals surface area contributed by atoms with Crippen LogP contribution in [-0.4, -0.2) is 38.0 Å². The van der Waals surface area contributed by atoms with Gasteiger partial charge in [0.1, 0.15) is 6.61 Å². The topological polar surface area (TPSA) is 38.3 Å². The highest BCUT2D eigenvalue weighted by Gasteiger charge is 2.17. The van der Waals surface area contributed by atoms with E-state index in [4.69, 9.17) is 11.6 Å². The second-order valence-electron chi connectivity index (χ2n) is 4.60. The second-order valence-corrected chi connectivity index (χ2v) is 4.97. The van der Waals surface area contributed by atoms with Crippen molar-refractivity contribution < 1.29 is 18.3 Å². The highest BCUT2D eigenvalue weighted by molar-refractivity contribution is 6.17. The number of rotatable bonds is 9. The molecule has 0 aromatic rings. The highest BCUT2D eigenvalue weighted by atomic mass is 35.5. The first-order valence-electron chi connectivity index (χ1n) is 5.56. The number of alkyl halides is 3. The number of carbonyl (C=O) groups excluding carboxylic acids is 1. The minimum atomic E-state index is -2.49. The van der Waals surface area contributed by atoms with Crippen LogP contribution in [-0.2, 0) is 9.53 Å². The molecule has 0 fully saturated rings. The van der Waals surface area contributed by atoms with E-state index in [2.05, 4.69) is 10.1 Å². The number of hydrogen-bond donors (Lipinski definition) is 1. The quantitative estimate of drug-likeness (QED) is 0.517. The van der Waals surface area contributed by atoms with E-state index in [1.807, 2.05) is 13.8 Å². The first-order chi connectivity index (χ1) is 7.87. The fraction of sp³-hybridized carbons (Fsp3) is 0.909. The highest BCUT2D eigenvalue weighted by Crippen LogP contribution is 2.19. The number of nitrogens with one attached hydrogen (secondary N) is 1. The van der Waals surface area contributed by atoms with E-state index in [-0.39, 0.29) is 24.3 Å². The Kier molecular flexibility index (Phi) is 8.43. The minimum absolute atomic E-state index is 0.0199. The molecule has 0 aliphatic carbocycles. The largest absolute Gasteiger partial charge is 0.375 e. The molecule has 17 heavy (non-hydrogen) atoms. The molecule has 0 radical (unpaired) electrons. The Hall–Kier alpha value is -0.420. The Morgan fingerprint density at radius 2 is 2.12 bits per heavy atom. The summed E-state index contributed by atoms with van der Waals surface area (Å²) in [4.78, 5) is 11.3. The second kappa shape index (κ2) is 8.64. The van der Waals surface area contributed by atoms with Crippen LogP contribution in [0.15, 0.2) is 0 Å². The number of ether oxygens (including phenoxy) is 1. The molecule has 0 aromatic heterocycles. The molecule has 0 rings (SSSR count). The van der Waals surface area contributed by atoms with Crippen molar-refractivity contribution in [1.29, 1.82) is 0 Å². The Morgan fingerprint density at radius 1 is 1.47 bits per heavy atom. The van der Waals surface area contributed by atoms with Gasteiger partial charge in [-0.3, -0.25) is 4.79 Å². The van der Waals surface area contributed by atoms with E-state index in [1.165, 1.54) is 0 Å². The third-order valence-corrected chi connectivity index (χ3v) is 2.44. The van der Waals surface area contributed by atoms with Crippen molar-refractivity contribution in [3.63, 3.8) is 0 Å². The summed E-state index contributed by atoms with van der Waals surface area (Å²) in [6.07, 6.45) is -1.58. The summed E-state index contributed by atoms with van der Waals surface area (Å²) >= 11 is 5.63. The van der Waals surface area contributed by atoms with Gasteiger partial charge in [-0.25, -0.2) is 8.78 Å². The molecule has 1 N–H and O–H groups in total. The van der Waals surface area contributed by atoms with Crippen molar-refractivity contribution >= 4 is 17.5 Å². The predicted molar refractivity (Wildman–Crippen MR) is 63.6 cm³/mol. The SMILES string of the molecule is CC(C)(CCCl)CNC(=O)CCOCC(F)F. The summed E-state index contributed by atoms with van der Waals surface area (Å²) in [5, 5.41) is 2.73. The molecule has 0 aromatic carbocycles. The van der Waals surface area contributed by atoms with E-state index >= 15 is 0 Å². The molecule has 1 amide bonds. The molecule has 0 saturated carbocycles. The minimum Gasteiger partial charge on any atom is -0.375 e. The van der Waals surface area contributed by atoms with Crippen molar-refractivity contribution in [3.05, 3.63) is 0 Å². The molecular formula is C11H20ClF2NO2. The maximum absolute atomic E-state index is 11.7. The predicted octanol–water partition coefficient (Wildman–Crippen LogP) is 2.43. The lowest BCUT2D eigenvalue weighted by atomic mass is 9.90. The number of hydrogen-bond acceptors (Lipinski definition) is 2. The van der Waals surface area contributed by atoms with Crippen molar-refractivity contribution in [2.24, 2.45) is 5.41 Å². The molecule has 0 spiro atoms. The zero-order valence-electron chi connectivity index (χ0n) is 10.3. The average Bonchev–Trinajstić information content (AvgIpc) is 2.21. The van der Waals surface area contributed by atoms with Crippen LogP contribution in [0.3, 0.4) is 0 Å². The molecule has 3 nitrogen and oxygen atoms in total. The molecule has 0 bridgehead atoms. The number of amides is 1. The number of halogens is 3. The van der Waals surface area contributed by atoms with E-state index in [1.54, 1.807) is 0 Å². The first-order valence-corrected chi connectivity index (χ1v) is 6.09. The molecule has 0 atom stereocenters. The van der Waals surface area contributed by atoms with E-state index in [0.29, 0.717) is 12.4 Å². The van der Waals surface area contributed by atoms with Gasteiger partial charge in [0.2, 0.25) is 5.91 Å². The van der Waals surface area contributed by atoms with Crippen LogP contribution in [0.2, 0.25) is 0 Å². The summed E-state index contributed by atoms with van der Waals surface area (Å²) in [6, 6.07) is 0. The molecule has 6 heteroatoms. The van der Waals surface area contributed by atoms with Crippen molar-refractivity contribution in [2.45, 2.75) is 33.1 Å². The molecule has 0 saturated heterocycles. The normalized spacial score (nSPS) is 11.9. The maximum atomic E-state index is 11.7. The van der Waals surface area contributed by atoms with Gasteiger partial charge < -0.3 is 10.1 Å². The van der Waals surface area contributed by atoms with Crippen LogP contribution < -0.4 is 5.32 Å². The Labute approximate surface area is 106 Å². The molecule has 102 valence electrons. The molecule has 0 aliphatic heterocycles. The molecule has 0 unspecified atom stereocenters. The molecule has 0 aliphatic rings. The third kappa shape index (κ3) is 10.5. The average molecular weight is 272 g/mol. The zero-order chi connectivity index (χ0) is 13.3. The van der Waals surface area contributed by atoms with Crippen LogP contribution >= 0.6 is 11.6 Å². The van der Waals surface area contributed by atoms with E-state index < -0.39 is 13.0 Å². The monoisotopic (exact) mass is 271 g/mol. The van der Waals surface area contributed by atoms with Gasteiger partial charge in [-0.05, 0) is 11.8 Å². The molecule has 0 heterocycles. The van der Waals surface area contributed by atoms with Gasteiger partial charge in [0, 0.05) is 18.8 Å². The summed E-state index contributed by atoms with van der Waals surface area (Å²) in [7, 11) is 0. The zero-order valence-corrected chi connectivity index (χ0v) is 11.0. The first kappa shape index (κ1) is 16.6. The van der Waals surface area contributed by atoms with Crippen LogP contribution in [0, 0.1) is 5.41 Å². The van der Waals surface area contributed by atoms with Crippen LogP contribution in [0.1, 0.15) is 26.7 Å². The number of carbonyl (C=O) groups is 1. The fourth-order valence-electron chi connectivity index (χ4n) is 1.11. The summed E-state index contributed by atoms with van der Waals surface area (Å²) in [5.41, 5.74) is -0.0543. The lowest BCUT2D eigenvalue weighted by Gasteiger charge is -2.23. The molecular weight excluding hydrogens is 252 g/mol. The third-order valence-electron chi connectivity index (χ3n) is 2.25. The van der Waals surface area contributed by atoms with Crippen LogP contribution in [0.25, 0.3) is 0 Å². The van der Waals surface area contributed by atoms with Gasteiger partial charge in [0.05, 0.1) is 6.61 Å². The van der Waals surface area contributed by atoms with Gasteiger partial charge in [-0.2, -0.15) is 0 Å². The standard InChI is InChI=1S/C11H20ClF2NO2/c1-11(2,4-5-12)8-15-10(16)3-6-17-7-9(13)14/h9H,3-8H2,1-2H3,(H,15,16). The summed E-state index contributed by atoms with van der Waals surface area (Å²) < 4.78 is 28.0. The van der Waals surface area contributed by atoms with E-state index in [9.17, 15) is 13.6 Å². The Morgan fingerprint density at radius 3 is 2.65 bits per heavy atom. The van der Waals surface area contributed by atoms with Gasteiger partial charge in [0.15, 0.2) is 0 Å². The summed E-state index contributed by atoms with van der Waals surface area (Å²) in [5.74, 6) is 0.349. The van der Waals surface area contributed by atoms with Gasteiger partial charge in [0.25, 0.3) is 6.43 Å².